The van der Waals surface area contributed by atoms with E-state index in [1.54, 1.807) is 42.6 Å². The molecular formula is C30H29N9O2. The van der Waals surface area contributed by atoms with E-state index >= 15 is 0 Å². The molecule has 1 saturated heterocycles. The van der Waals surface area contributed by atoms with E-state index in [0.29, 0.717) is 46.4 Å². The lowest BCUT2D eigenvalue weighted by atomic mass is 10.0. The average molecular weight is 548 g/mol. The number of fused-ring (bicyclic) bond motifs is 3. The number of pyridine rings is 1. The van der Waals surface area contributed by atoms with Crippen LogP contribution in [0.2, 0.25) is 0 Å². The van der Waals surface area contributed by atoms with Crippen LogP contribution in [-0.4, -0.2) is 54.0 Å². The maximum atomic E-state index is 13.4. The lowest BCUT2D eigenvalue weighted by Gasteiger charge is -2.33. The maximum absolute atomic E-state index is 13.4. The minimum atomic E-state index is -0.273. The fraction of sp³-hybridized carbons (Fsp3) is 0.300. The Labute approximate surface area is 236 Å². The van der Waals surface area contributed by atoms with Crippen molar-refractivity contribution in [1.82, 2.24) is 29.6 Å². The van der Waals surface area contributed by atoms with Crippen molar-refractivity contribution in [2.24, 2.45) is 11.8 Å². The molecule has 4 aromatic rings. The first-order chi connectivity index (χ1) is 19.8. The van der Waals surface area contributed by atoms with Crippen LogP contribution >= 0.6 is 0 Å². The zero-order valence-electron chi connectivity index (χ0n) is 22.7. The minimum Gasteiger partial charge on any atom is -0.383 e. The van der Waals surface area contributed by atoms with Crippen molar-refractivity contribution in [3.05, 3.63) is 83.7 Å². The van der Waals surface area contributed by atoms with Gasteiger partial charge in [0.25, 0.3) is 11.8 Å². The van der Waals surface area contributed by atoms with Gasteiger partial charge in [-0.15, -0.1) is 0 Å². The first-order valence-corrected chi connectivity index (χ1v) is 13.6. The number of carbonyl (C=O) groups is 2. The monoisotopic (exact) mass is 547 g/mol. The van der Waals surface area contributed by atoms with Gasteiger partial charge < -0.3 is 16.0 Å². The normalized spacial score (nSPS) is 20.0. The van der Waals surface area contributed by atoms with Crippen LogP contribution in [-0.2, 0) is 4.79 Å². The predicted octanol–water partition coefficient (Wildman–Crippen LogP) is 4.34. The molecule has 206 valence electrons. The number of rotatable bonds is 6. The predicted molar refractivity (Wildman–Crippen MR) is 154 cm³/mol. The summed E-state index contributed by atoms with van der Waals surface area (Å²) in [6.45, 7) is 12.1. The Balaban J connectivity index is 1.32. The van der Waals surface area contributed by atoms with Crippen molar-refractivity contribution in [3.8, 4) is 11.3 Å². The maximum Gasteiger partial charge on any atom is 0.256 e. The Bertz CT molecular complexity index is 1700. The number of hydrogen-bond donors (Lipinski definition) is 2. The van der Waals surface area contributed by atoms with Crippen LogP contribution in [0.4, 0.5) is 11.6 Å². The molecule has 1 saturated carbocycles. The van der Waals surface area contributed by atoms with Crippen LogP contribution in [0.3, 0.4) is 0 Å². The largest absolute Gasteiger partial charge is 0.383 e. The highest BCUT2D eigenvalue weighted by Crippen LogP contribution is 2.46. The summed E-state index contributed by atoms with van der Waals surface area (Å²) >= 11 is 0. The Morgan fingerprint density at radius 3 is 2.56 bits per heavy atom. The molecule has 1 unspecified atom stereocenters. The molecule has 3 aromatic heterocycles. The molecule has 2 amide bonds. The molecule has 3 atom stereocenters. The summed E-state index contributed by atoms with van der Waals surface area (Å²) in [5.41, 5.74) is 8.94. The zero-order valence-corrected chi connectivity index (χ0v) is 22.7. The number of likely N-dealkylation sites (tertiary alicyclic amines) is 1. The molecule has 2 fully saturated rings. The Morgan fingerprint density at radius 2 is 1.88 bits per heavy atom. The van der Waals surface area contributed by atoms with Crippen molar-refractivity contribution >= 4 is 34.5 Å². The number of carbonyl (C=O) groups excluding carboxylic acids is 2. The second-order valence-corrected chi connectivity index (χ2v) is 10.8. The fourth-order valence-electron chi connectivity index (χ4n) is 5.94. The standard InChI is InChI=1S/C30H29N9O2/c1-17(2)12-21(32-3)30(41)38-15-18-13-22(38)23(14-18)39-28-25(27(31)34-16-35-28)26(37-39)19-7-9-20(10-8-19)29(40)36-24-6-4-5-11-33-24/h4-12,16-18,22-23H,13-15H2,1-2H3,(H2,31,34,35)(H,33,36,40)/t18-,22-,23?/m1/s1. The second-order valence-electron chi connectivity index (χ2n) is 10.8. The molecule has 4 heterocycles. The summed E-state index contributed by atoms with van der Waals surface area (Å²) < 4.78 is 1.87. The summed E-state index contributed by atoms with van der Waals surface area (Å²) in [5, 5.41) is 8.39. The number of aromatic nitrogens is 5. The number of nitrogens with one attached hydrogen (secondary N) is 1. The number of amides is 2. The number of nitrogens with zero attached hydrogens (tertiary/aromatic N) is 7. The number of benzene rings is 1. The van der Waals surface area contributed by atoms with E-state index in [0.717, 1.165) is 18.4 Å². The van der Waals surface area contributed by atoms with E-state index in [1.165, 1.54) is 6.33 Å². The van der Waals surface area contributed by atoms with E-state index < -0.39 is 0 Å². The van der Waals surface area contributed by atoms with Crippen LogP contribution in [0.15, 0.2) is 66.8 Å². The van der Waals surface area contributed by atoms with Crippen molar-refractivity contribution < 1.29 is 9.59 Å². The van der Waals surface area contributed by atoms with Gasteiger partial charge in [0, 0.05) is 23.9 Å². The molecule has 2 aliphatic rings. The van der Waals surface area contributed by atoms with Gasteiger partial charge in [-0.05, 0) is 48.9 Å². The zero-order chi connectivity index (χ0) is 28.7. The third-order valence-electron chi connectivity index (χ3n) is 7.70. The molecule has 1 aliphatic carbocycles. The van der Waals surface area contributed by atoms with Gasteiger partial charge >= 0.3 is 0 Å². The minimum absolute atomic E-state index is 0.100. The number of allylic oxidation sites excluding steroid dienone is 1. The summed E-state index contributed by atoms with van der Waals surface area (Å²) in [4.78, 5) is 44.3. The molecule has 2 bridgehead atoms. The highest BCUT2D eigenvalue weighted by atomic mass is 16.2. The van der Waals surface area contributed by atoms with E-state index in [1.807, 2.05) is 35.6 Å². The summed E-state index contributed by atoms with van der Waals surface area (Å²) in [6, 6.07) is 12.2. The molecule has 1 aliphatic heterocycles. The molecule has 41 heavy (non-hydrogen) atoms. The third-order valence-corrected chi connectivity index (χ3v) is 7.70. The van der Waals surface area contributed by atoms with Crippen LogP contribution in [0.5, 0.6) is 0 Å². The Hall–Kier alpha value is -5.11. The molecule has 6 rings (SSSR count). The SMILES string of the molecule is [C-]#[N+]C(=CC(C)C)C(=O)N1C[C@H]2CC(n3nc(-c4ccc(C(=O)Nc5ccccn5)cc4)c4c(N)ncnc43)[C@H]1C2. The lowest BCUT2D eigenvalue weighted by molar-refractivity contribution is -0.129. The van der Waals surface area contributed by atoms with Gasteiger partial charge in [0.15, 0.2) is 5.65 Å². The van der Waals surface area contributed by atoms with Gasteiger partial charge in [0.1, 0.15) is 23.7 Å². The highest BCUT2D eigenvalue weighted by molar-refractivity contribution is 6.04. The summed E-state index contributed by atoms with van der Waals surface area (Å²) in [6.07, 6.45) is 6.46. The molecule has 3 N–H and O–H groups in total. The molecule has 11 nitrogen and oxygen atoms in total. The van der Waals surface area contributed by atoms with Gasteiger partial charge in [-0.2, -0.15) is 5.10 Å². The number of nitrogens with two attached hydrogens (primary N) is 1. The van der Waals surface area contributed by atoms with E-state index in [9.17, 15) is 9.59 Å². The second kappa shape index (κ2) is 10.5. The smallest absolute Gasteiger partial charge is 0.256 e. The average Bonchev–Trinajstić information content (AvgIpc) is 3.69. The third kappa shape index (κ3) is 4.78. The van der Waals surface area contributed by atoms with E-state index in [2.05, 4.69) is 25.1 Å². The number of piperidine rings is 1. The molecular weight excluding hydrogens is 518 g/mol. The molecule has 0 spiro atoms. The van der Waals surface area contributed by atoms with Crippen LogP contribution in [0.25, 0.3) is 27.1 Å². The first-order valence-electron chi connectivity index (χ1n) is 13.6. The van der Waals surface area contributed by atoms with Crippen molar-refractivity contribution in [3.63, 3.8) is 0 Å². The number of nitrogen functional groups attached to an aromatic ring is 1. The van der Waals surface area contributed by atoms with Gasteiger partial charge in [0.05, 0.1) is 24.0 Å². The van der Waals surface area contributed by atoms with Crippen LogP contribution in [0.1, 0.15) is 43.1 Å². The Kier molecular flexibility index (Phi) is 6.67. The van der Waals surface area contributed by atoms with Crippen molar-refractivity contribution in [2.75, 3.05) is 17.6 Å². The van der Waals surface area contributed by atoms with Crippen LogP contribution < -0.4 is 11.1 Å². The van der Waals surface area contributed by atoms with Crippen molar-refractivity contribution in [1.29, 1.82) is 0 Å². The van der Waals surface area contributed by atoms with Crippen LogP contribution in [0, 0.1) is 18.4 Å². The molecule has 11 heteroatoms. The topological polar surface area (TPSA) is 136 Å². The lowest BCUT2D eigenvalue weighted by Crippen LogP contribution is -2.43. The first kappa shape index (κ1) is 26.1. The molecule has 1 aromatic carbocycles. The molecule has 0 radical (unpaired) electrons. The highest BCUT2D eigenvalue weighted by Gasteiger charge is 2.49. The number of hydrogen-bond acceptors (Lipinski definition) is 7. The number of anilines is 2. The van der Waals surface area contributed by atoms with E-state index in [4.69, 9.17) is 17.4 Å². The Morgan fingerprint density at radius 1 is 1.10 bits per heavy atom. The quantitative estimate of drug-likeness (QED) is 0.271. The van der Waals surface area contributed by atoms with Gasteiger partial charge in [-0.25, -0.2) is 24.5 Å². The fourth-order valence-corrected chi connectivity index (χ4v) is 5.94. The summed E-state index contributed by atoms with van der Waals surface area (Å²) in [5.74, 6) is 0.696. The van der Waals surface area contributed by atoms with Gasteiger partial charge in [-0.3, -0.25) is 9.59 Å². The van der Waals surface area contributed by atoms with E-state index in [-0.39, 0.29) is 35.5 Å². The van der Waals surface area contributed by atoms with Gasteiger partial charge in [-0.1, -0.05) is 38.1 Å². The van der Waals surface area contributed by atoms with Gasteiger partial charge in [0.2, 0.25) is 5.70 Å². The summed E-state index contributed by atoms with van der Waals surface area (Å²) in [7, 11) is 0. The van der Waals surface area contributed by atoms with Crippen molar-refractivity contribution in [2.45, 2.75) is 38.8 Å².